The smallest absolute Gasteiger partial charge is 0.323 e. The van der Waals surface area contributed by atoms with E-state index in [-0.39, 0.29) is 12.6 Å². The van der Waals surface area contributed by atoms with Gasteiger partial charge in [-0.2, -0.15) is 0 Å². The molecule has 0 saturated carbocycles. The van der Waals surface area contributed by atoms with Gasteiger partial charge in [-0.3, -0.25) is 5.32 Å². The lowest BCUT2D eigenvalue weighted by molar-refractivity contribution is 0.143. The zero-order valence-corrected chi connectivity index (χ0v) is 12.1. The molecule has 0 unspecified atom stereocenters. The summed E-state index contributed by atoms with van der Waals surface area (Å²) in [6.07, 6.45) is 5.69. The molecule has 1 aliphatic rings. The third kappa shape index (κ3) is 3.91. The number of hydrogen-bond acceptors (Lipinski definition) is 4. The van der Waals surface area contributed by atoms with Crippen molar-refractivity contribution < 1.29 is 9.90 Å². The highest BCUT2D eigenvalue weighted by molar-refractivity contribution is 7.15. The number of carbonyl (C=O) groups is 1. The number of hydrogen-bond donors (Lipinski definition) is 2. The summed E-state index contributed by atoms with van der Waals surface area (Å²) in [6.45, 7) is 3.78. The number of aliphatic hydroxyl groups excluding tert-OH is 1. The second kappa shape index (κ2) is 6.86. The molecule has 0 radical (unpaired) electrons. The number of carbonyl (C=O) groups excluding carboxylic acids is 1. The molecule has 1 saturated heterocycles. The zero-order valence-electron chi connectivity index (χ0n) is 11.3. The number of piperidine rings is 1. The first kappa shape index (κ1) is 14.3. The fourth-order valence-corrected chi connectivity index (χ4v) is 3.12. The fraction of sp³-hybridized carbons (Fsp3) is 0.692. The maximum atomic E-state index is 12.0. The van der Waals surface area contributed by atoms with E-state index >= 15 is 0 Å². The van der Waals surface area contributed by atoms with Gasteiger partial charge in [0.2, 0.25) is 0 Å². The second-order valence-corrected chi connectivity index (χ2v) is 6.04. The number of anilines is 1. The lowest BCUT2D eigenvalue weighted by Gasteiger charge is -2.30. The quantitative estimate of drug-likeness (QED) is 0.891. The number of likely N-dealkylation sites (tertiary alicyclic amines) is 1. The summed E-state index contributed by atoms with van der Waals surface area (Å²) in [6, 6.07) is -0.0752. The first-order chi connectivity index (χ1) is 9.22. The molecule has 1 aromatic rings. The molecule has 0 aromatic carbocycles. The van der Waals surface area contributed by atoms with Crippen LogP contribution in [0.25, 0.3) is 0 Å². The van der Waals surface area contributed by atoms with Gasteiger partial charge in [-0.05, 0) is 25.2 Å². The van der Waals surface area contributed by atoms with E-state index in [2.05, 4.69) is 17.2 Å². The molecule has 2 amide bonds. The van der Waals surface area contributed by atoms with Crippen molar-refractivity contribution in [3.05, 3.63) is 11.1 Å². The molecule has 1 aliphatic heterocycles. The number of nitrogens with one attached hydrogen (secondary N) is 1. The van der Waals surface area contributed by atoms with Crippen molar-refractivity contribution in [1.29, 1.82) is 0 Å². The van der Waals surface area contributed by atoms with Gasteiger partial charge in [0, 0.05) is 30.8 Å². The Bertz CT molecular complexity index is 414. The molecule has 1 aromatic heterocycles. The highest BCUT2D eigenvalue weighted by Crippen LogP contribution is 2.21. The summed E-state index contributed by atoms with van der Waals surface area (Å²) in [4.78, 5) is 19.3. The normalized spacial score (nSPS) is 16.6. The van der Waals surface area contributed by atoms with Crippen LogP contribution >= 0.6 is 11.3 Å². The lowest BCUT2D eigenvalue weighted by atomic mass is 9.98. The van der Waals surface area contributed by atoms with E-state index in [1.165, 1.54) is 4.88 Å². The first-order valence-corrected chi connectivity index (χ1v) is 7.66. The van der Waals surface area contributed by atoms with Crippen LogP contribution in [0.5, 0.6) is 0 Å². The molecule has 19 heavy (non-hydrogen) atoms. The Hall–Kier alpha value is -1.14. The second-order valence-electron chi connectivity index (χ2n) is 4.92. The predicted molar refractivity (Wildman–Crippen MR) is 76.5 cm³/mol. The molecular formula is C13H21N3O2S. The van der Waals surface area contributed by atoms with Crippen molar-refractivity contribution in [3.63, 3.8) is 0 Å². The van der Waals surface area contributed by atoms with Crippen LogP contribution in [0.4, 0.5) is 9.93 Å². The molecule has 1 fully saturated rings. The Morgan fingerprint density at radius 3 is 2.95 bits per heavy atom. The van der Waals surface area contributed by atoms with E-state index in [1.807, 2.05) is 6.20 Å². The maximum absolute atomic E-state index is 12.0. The van der Waals surface area contributed by atoms with E-state index in [4.69, 9.17) is 5.11 Å². The molecule has 0 aliphatic carbocycles. The van der Waals surface area contributed by atoms with Crippen LogP contribution < -0.4 is 5.32 Å². The van der Waals surface area contributed by atoms with Crippen LogP contribution in [0.1, 0.15) is 31.1 Å². The number of nitrogens with zero attached hydrogens (tertiary/aromatic N) is 2. The van der Waals surface area contributed by atoms with E-state index < -0.39 is 0 Å². The number of thiazole rings is 1. The molecule has 2 heterocycles. The van der Waals surface area contributed by atoms with Crippen molar-refractivity contribution in [2.45, 2.75) is 32.6 Å². The highest BCUT2D eigenvalue weighted by atomic mass is 32.1. The summed E-state index contributed by atoms with van der Waals surface area (Å²) >= 11 is 1.55. The molecule has 2 rings (SSSR count). The van der Waals surface area contributed by atoms with E-state index in [1.54, 1.807) is 16.2 Å². The van der Waals surface area contributed by atoms with E-state index in [0.29, 0.717) is 24.1 Å². The Morgan fingerprint density at radius 2 is 2.32 bits per heavy atom. The minimum atomic E-state index is -0.0752. The minimum Gasteiger partial charge on any atom is -0.396 e. The van der Waals surface area contributed by atoms with Gasteiger partial charge in [-0.25, -0.2) is 9.78 Å². The van der Waals surface area contributed by atoms with Crippen molar-refractivity contribution in [2.75, 3.05) is 25.0 Å². The van der Waals surface area contributed by atoms with Crippen LogP contribution in [0.3, 0.4) is 0 Å². The highest BCUT2D eigenvalue weighted by Gasteiger charge is 2.22. The molecular weight excluding hydrogens is 262 g/mol. The number of rotatable bonds is 4. The number of urea groups is 1. The summed E-state index contributed by atoms with van der Waals surface area (Å²) in [5.74, 6) is 0.347. The third-order valence-electron chi connectivity index (χ3n) is 3.42. The Balaban J connectivity index is 1.83. The summed E-state index contributed by atoms with van der Waals surface area (Å²) in [5.41, 5.74) is 0. The summed E-state index contributed by atoms with van der Waals surface area (Å²) < 4.78 is 0. The minimum absolute atomic E-state index is 0.0752. The van der Waals surface area contributed by atoms with Gasteiger partial charge in [0.05, 0.1) is 0 Å². The molecule has 106 valence electrons. The number of aryl methyl sites for hydroxylation is 1. The van der Waals surface area contributed by atoms with Crippen molar-refractivity contribution >= 4 is 22.5 Å². The van der Waals surface area contributed by atoms with Crippen LogP contribution in [0.15, 0.2) is 6.20 Å². The van der Waals surface area contributed by atoms with Crippen LogP contribution in [-0.2, 0) is 6.42 Å². The van der Waals surface area contributed by atoms with E-state index in [0.717, 1.165) is 25.7 Å². The topological polar surface area (TPSA) is 65.5 Å². The largest absolute Gasteiger partial charge is 0.396 e. The Morgan fingerprint density at radius 1 is 1.58 bits per heavy atom. The van der Waals surface area contributed by atoms with Crippen molar-refractivity contribution in [2.24, 2.45) is 5.92 Å². The fourth-order valence-electron chi connectivity index (χ4n) is 2.22. The summed E-state index contributed by atoms with van der Waals surface area (Å²) in [5, 5.41) is 12.6. The Labute approximate surface area is 117 Å². The number of aliphatic hydroxyl groups is 1. The van der Waals surface area contributed by atoms with Gasteiger partial charge in [0.25, 0.3) is 0 Å². The monoisotopic (exact) mass is 283 g/mol. The molecule has 5 nitrogen and oxygen atoms in total. The molecule has 0 spiro atoms. The van der Waals surface area contributed by atoms with Gasteiger partial charge in [0.15, 0.2) is 5.13 Å². The van der Waals surface area contributed by atoms with Crippen molar-refractivity contribution in [3.8, 4) is 0 Å². The lowest BCUT2D eigenvalue weighted by Crippen LogP contribution is -2.41. The predicted octanol–water partition coefficient (Wildman–Crippen LogP) is 2.33. The van der Waals surface area contributed by atoms with Gasteiger partial charge in [-0.15, -0.1) is 11.3 Å². The Kier molecular flexibility index (Phi) is 5.15. The average Bonchev–Trinajstić information content (AvgIpc) is 2.86. The third-order valence-corrected chi connectivity index (χ3v) is 4.40. The summed E-state index contributed by atoms with van der Waals surface area (Å²) in [7, 11) is 0. The standard InChI is InChI=1S/C13H21N3O2S/c1-2-3-11-8-14-12(19-11)15-13(18)16-6-4-10(9-17)5-7-16/h8,10,17H,2-7,9H2,1H3,(H,14,15,18). The van der Waals surface area contributed by atoms with Crippen LogP contribution in [0, 0.1) is 5.92 Å². The van der Waals surface area contributed by atoms with Crippen LogP contribution in [-0.4, -0.2) is 40.7 Å². The zero-order chi connectivity index (χ0) is 13.7. The van der Waals surface area contributed by atoms with Gasteiger partial charge in [-0.1, -0.05) is 13.3 Å². The molecule has 2 N–H and O–H groups in total. The van der Waals surface area contributed by atoms with Gasteiger partial charge >= 0.3 is 6.03 Å². The average molecular weight is 283 g/mol. The maximum Gasteiger partial charge on any atom is 0.323 e. The number of amides is 2. The van der Waals surface area contributed by atoms with E-state index in [9.17, 15) is 4.79 Å². The molecule has 0 atom stereocenters. The van der Waals surface area contributed by atoms with Gasteiger partial charge in [0.1, 0.15) is 0 Å². The molecule has 0 bridgehead atoms. The van der Waals surface area contributed by atoms with Crippen molar-refractivity contribution in [1.82, 2.24) is 9.88 Å². The van der Waals surface area contributed by atoms with Gasteiger partial charge < -0.3 is 10.0 Å². The SMILES string of the molecule is CCCc1cnc(NC(=O)N2CCC(CO)CC2)s1. The van der Waals surface area contributed by atoms with Crippen LogP contribution in [0.2, 0.25) is 0 Å². The number of aromatic nitrogens is 1. The molecule has 6 heteroatoms. The first-order valence-electron chi connectivity index (χ1n) is 6.84.